The minimum absolute atomic E-state index is 0.146. The highest BCUT2D eigenvalue weighted by Crippen LogP contribution is 2.35. The van der Waals surface area contributed by atoms with E-state index >= 15 is 0 Å². The van der Waals surface area contributed by atoms with Crippen molar-refractivity contribution in [2.24, 2.45) is 0 Å². The molecule has 0 unspecified atom stereocenters. The topological polar surface area (TPSA) is 101 Å². The number of nitrogens with one attached hydrogen (secondary N) is 1. The molecule has 0 aromatic carbocycles. The van der Waals surface area contributed by atoms with Crippen LogP contribution in [0.4, 0.5) is 11.6 Å². The highest BCUT2D eigenvalue weighted by atomic mass is 16.4. The molecule has 4 N–H and O–H groups in total. The highest BCUT2D eigenvalue weighted by Gasteiger charge is 2.39. The predicted molar refractivity (Wildman–Crippen MR) is 94.9 cm³/mol. The lowest BCUT2D eigenvalue weighted by molar-refractivity contribution is -0.142. The van der Waals surface area contributed by atoms with E-state index in [1.54, 1.807) is 30.5 Å². The number of nitrogen functional groups attached to an aromatic ring is 1. The van der Waals surface area contributed by atoms with E-state index in [9.17, 15) is 9.90 Å². The smallest absolute Gasteiger partial charge is 0.319 e. The number of rotatable bonds is 4. The van der Waals surface area contributed by atoms with Gasteiger partial charge < -0.3 is 16.2 Å². The summed E-state index contributed by atoms with van der Waals surface area (Å²) in [5.74, 6) is 0.0985. The first-order valence-corrected chi connectivity index (χ1v) is 7.83. The number of carbonyl (C=O) groups is 1. The van der Waals surface area contributed by atoms with Crippen molar-refractivity contribution in [3.8, 4) is 0 Å². The Morgan fingerprint density at radius 2 is 2.17 bits per heavy atom. The molecule has 0 saturated carbocycles. The predicted octanol–water partition coefficient (Wildman–Crippen LogP) is 2.87. The van der Waals surface area contributed by atoms with Crippen molar-refractivity contribution >= 4 is 28.4 Å². The second-order valence-electron chi connectivity index (χ2n) is 6.25. The van der Waals surface area contributed by atoms with Crippen LogP contribution in [-0.4, -0.2) is 27.1 Å². The SMILES string of the molecule is CC(C)Nc1nc([C@]2(C(=O)O)C=CC=CC2)cc2cnc(N)cc12. The Morgan fingerprint density at radius 3 is 2.79 bits per heavy atom. The molecule has 6 nitrogen and oxygen atoms in total. The largest absolute Gasteiger partial charge is 0.480 e. The number of aromatic nitrogens is 2. The van der Waals surface area contributed by atoms with Crippen LogP contribution in [0.1, 0.15) is 26.0 Å². The van der Waals surface area contributed by atoms with Crippen LogP contribution in [0, 0.1) is 0 Å². The van der Waals surface area contributed by atoms with Crippen molar-refractivity contribution in [1.29, 1.82) is 0 Å². The van der Waals surface area contributed by atoms with Crippen LogP contribution in [0.2, 0.25) is 0 Å². The van der Waals surface area contributed by atoms with E-state index in [4.69, 9.17) is 5.73 Å². The Kier molecular flexibility index (Phi) is 3.97. The van der Waals surface area contributed by atoms with Crippen molar-refractivity contribution in [3.05, 3.63) is 48.3 Å². The Bertz CT molecular complexity index is 857. The molecule has 0 spiro atoms. The van der Waals surface area contributed by atoms with Gasteiger partial charge in [0.15, 0.2) is 0 Å². The van der Waals surface area contributed by atoms with Gasteiger partial charge in [0.2, 0.25) is 0 Å². The number of pyridine rings is 2. The molecule has 0 amide bonds. The van der Waals surface area contributed by atoms with E-state index in [0.29, 0.717) is 23.8 Å². The molecule has 0 radical (unpaired) electrons. The summed E-state index contributed by atoms with van der Waals surface area (Å²) in [5, 5.41) is 14.8. The van der Waals surface area contributed by atoms with Crippen LogP contribution in [-0.2, 0) is 10.2 Å². The van der Waals surface area contributed by atoms with Crippen molar-refractivity contribution in [3.63, 3.8) is 0 Å². The number of aliphatic carboxylic acids is 1. The van der Waals surface area contributed by atoms with Gasteiger partial charge in [-0.15, -0.1) is 0 Å². The summed E-state index contributed by atoms with van der Waals surface area (Å²) in [6.45, 7) is 4.00. The molecule has 0 bridgehead atoms. The molecule has 3 rings (SSSR count). The first kappa shape index (κ1) is 16.0. The van der Waals surface area contributed by atoms with Gasteiger partial charge in [-0.2, -0.15) is 0 Å². The molecule has 2 aromatic heterocycles. The van der Waals surface area contributed by atoms with Gasteiger partial charge in [-0.1, -0.05) is 24.3 Å². The van der Waals surface area contributed by atoms with Crippen molar-refractivity contribution in [2.75, 3.05) is 11.1 Å². The second kappa shape index (κ2) is 5.96. The Labute approximate surface area is 140 Å². The maximum atomic E-state index is 12.0. The number of carboxylic acids is 1. The Morgan fingerprint density at radius 1 is 1.38 bits per heavy atom. The van der Waals surface area contributed by atoms with Gasteiger partial charge in [-0.25, -0.2) is 9.97 Å². The average Bonchev–Trinajstić information content (AvgIpc) is 2.55. The molecule has 1 aliphatic rings. The van der Waals surface area contributed by atoms with E-state index in [0.717, 1.165) is 10.8 Å². The summed E-state index contributed by atoms with van der Waals surface area (Å²) in [6.07, 6.45) is 9.14. The zero-order chi connectivity index (χ0) is 17.3. The quantitative estimate of drug-likeness (QED) is 0.799. The number of anilines is 2. The average molecular weight is 324 g/mol. The minimum atomic E-state index is -1.17. The molecule has 124 valence electrons. The number of fused-ring (bicyclic) bond motifs is 1. The van der Waals surface area contributed by atoms with Crippen molar-refractivity contribution in [2.45, 2.75) is 31.7 Å². The molecule has 24 heavy (non-hydrogen) atoms. The third-order valence-electron chi connectivity index (χ3n) is 4.07. The van der Waals surface area contributed by atoms with Crippen LogP contribution in [0.15, 0.2) is 42.6 Å². The van der Waals surface area contributed by atoms with Crippen molar-refractivity contribution in [1.82, 2.24) is 9.97 Å². The normalized spacial score (nSPS) is 19.8. The molecule has 2 heterocycles. The third-order valence-corrected chi connectivity index (χ3v) is 4.07. The fraction of sp³-hybridized carbons (Fsp3) is 0.278. The summed E-state index contributed by atoms with van der Waals surface area (Å²) >= 11 is 0. The van der Waals surface area contributed by atoms with E-state index < -0.39 is 11.4 Å². The number of hydrogen-bond acceptors (Lipinski definition) is 5. The summed E-state index contributed by atoms with van der Waals surface area (Å²) in [4.78, 5) is 20.8. The Hall–Kier alpha value is -2.89. The van der Waals surface area contributed by atoms with Gasteiger partial charge in [-0.3, -0.25) is 4.79 Å². The molecule has 6 heteroatoms. The number of nitrogens with two attached hydrogens (primary N) is 1. The number of hydrogen-bond donors (Lipinski definition) is 3. The molecular formula is C18H20N4O2. The summed E-state index contributed by atoms with van der Waals surface area (Å²) in [5.41, 5.74) is 5.11. The minimum Gasteiger partial charge on any atom is -0.480 e. The van der Waals surface area contributed by atoms with Crippen LogP contribution in [0.25, 0.3) is 10.8 Å². The first-order chi connectivity index (χ1) is 11.4. The standard InChI is InChI=1S/C18H20N4O2/c1-11(2)21-16-13-9-15(19)20-10-12(13)8-14(22-16)18(17(23)24)6-4-3-5-7-18/h3-6,8-11H,7H2,1-2H3,(H2,19,20)(H,21,22)(H,23,24)/t18-/m0/s1. The van der Waals surface area contributed by atoms with E-state index in [1.807, 2.05) is 26.0 Å². The van der Waals surface area contributed by atoms with Crippen LogP contribution < -0.4 is 11.1 Å². The lowest BCUT2D eigenvalue weighted by Gasteiger charge is -2.27. The van der Waals surface area contributed by atoms with Gasteiger partial charge in [0.05, 0.1) is 5.69 Å². The lowest BCUT2D eigenvalue weighted by Crippen LogP contribution is -2.35. The van der Waals surface area contributed by atoms with Gasteiger partial charge in [0.1, 0.15) is 17.1 Å². The zero-order valence-electron chi connectivity index (χ0n) is 13.7. The maximum absolute atomic E-state index is 12.0. The highest BCUT2D eigenvalue weighted by molar-refractivity contribution is 5.95. The summed E-state index contributed by atoms with van der Waals surface area (Å²) in [7, 11) is 0. The van der Waals surface area contributed by atoms with E-state index in [2.05, 4.69) is 15.3 Å². The number of carboxylic acid groups (broad SMARTS) is 1. The molecule has 0 fully saturated rings. The third kappa shape index (κ3) is 2.71. The lowest BCUT2D eigenvalue weighted by atomic mass is 9.78. The molecule has 0 aliphatic heterocycles. The van der Waals surface area contributed by atoms with Crippen LogP contribution >= 0.6 is 0 Å². The fourth-order valence-electron chi connectivity index (χ4n) is 2.85. The molecular weight excluding hydrogens is 304 g/mol. The first-order valence-electron chi connectivity index (χ1n) is 7.83. The van der Waals surface area contributed by atoms with Crippen molar-refractivity contribution < 1.29 is 9.90 Å². The van der Waals surface area contributed by atoms with Crippen LogP contribution in [0.5, 0.6) is 0 Å². The monoisotopic (exact) mass is 324 g/mol. The summed E-state index contributed by atoms with van der Waals surface area (Å²) < 4.78 is 0. The molecule has 1 atom stereocenters. The molecule has 2 aromatic rings. The van der Waals surface area contributed by atoms with E-state index in [-0.39, 0.29) is 6.04 Å². The molecule has 0 saturated heterocycles. The maximum Gasteiger partial charge on any atom is 0.319 e. The van der Waals surface area contributed by atoms with Gasteiger partial charge >= 0.3 is 5.97 Å². The summed E-state index contributed by atoms with van der Waals surface area (Å²) in [6, 6.07) is 3.68. The fourth-order valence-corrected chi connectivity index (χ4v) is 2.85. The zero-order valence-corrected chi connectivity index (χ0v) is 13.7. The number of allylic oxidation sites excluding steroid dienone is 3. The van der Waals surface area contributed by atoms with Gasteiger partial charge in [0, 0.05) is 23.0 Å². The van der Waals surface area contributed by atoms with Gasteiger partial charge in [-0.05, 0) is 32.4 Å². The Balaban J connectivity index is 2.25. The molecule has 1 aliphatic carbocycles. The second-order valence-corrected chi connectivity index (χ2v) is 6.25. The van der Waals surface area contributed by atoms with Gasteiger partial charge in [0.25, 0.3) is 0 Å². The van der Waals surface area contributed by atoms with E-state index in [1.165, 1.54) is 0 Å². The van der Waals surface area contributed by atoms with Crippen LogP contribution in [0.3, 0.4) is 0 Å². The number of nitrogens with zero attached hydrogens (tertiary/aromatic N) is 2.